The summed E-state index contributed by atoms with van der Waals surface area (Å²) in [4.78, 5) is 27.2. The Morgan fingerprint density at radius 1 is 0.844 bits per heavy atom. The molecular formula is C27H30N2O3. The van der Waals surface area contributed by atoms with Crippen LogP contribution < -0.4 is 10.1 Å². The zero-order valence-electron chi connectivity index (χ0n) is 18.9. The van der Waals surface area contributed by atoms with Gasteiger partial charge in [-0.15, -0.1) is 0 Å². The minimum Gasteiger partial charge on any atom is -0.481 e. The maximum Gasteiger partial charge on any atom is 0.265 e. The van der Waals surface area contributed by atoms with Crippen LogP contribution in [0.15, 0.2) is 78.9 Å². The van der Waals surface area contributed by atoms with Crippen molar-refractivity contribution >= 4 is 17.5 Å². The first-order valence-corrected chi connectivity index (χ1v) is 11.1. The normalized spacial score (nSPS) is 11.5. The van der Waals surface area contributed by atoms with Crippen molar-refractivity contribution in [1.29, 1.82) is 0 Å². The molecule has 166 valence electrons. The average Bonchev–Trinajstić information content (AvgIpc) is 2.84. The van der Waals surface area contributed by atoms with Gasteiger partial charge in [0.05, 0.1) is 0 Å². The first-order valence-electron chi connectivity index (χ1n) is 11.1. The van der Waals surface area contributed by atoms with Gasteiger partial charge in [0.2, 0.25) is 0 Å². The number of rotatable bonds is 9. The van der Waals surface area contributed by atoms with Crippen LogP contribution in [0.5, 0.6) is 5.75 Å². The van der Waals surface area contributed by atoms with E-state index in [9.17, 15) is 9.59 Å². The van der Waals surface area contributed by atoms with Crippen molar-refractivity contribution in [1.82, 2.24) is 4.90 Å². The molecule has 3 rings (SSSR count). The predicted octanol–water partition coefficient (Wildman–Crippen LogP) is 5.63. The third-order valence-corrected chi connectivity index (χ3v) is 5.33. The summed E-state index contributed by atoms with van der Waals surface area (Å²) >= 11 is 0. The molecule has 5 nitrogen and oxygen atoms in total. The van der Waals surface area contributed by atoms with E-state index in [0.29, 0.717) is 36.5 Å². The molecule has 0 saturated carbocycles. The monoisotopic (exact) mass is 430 g/mol. The highest BCUT2D eigenvalue weighted by Crippen LogP contribution is 2.23. The number of hydrogen-bond acceptors (Lipinski definition) is 3. The standard InChI is InChI=1S/C27H30N2O3/c1-4-25(32-24-17-15-21(16-18-24)20-11-8-7-9-12-20)26(30)28-23-14-10-13-22(19-23)27(31)29(5-2)6-3/h7-19,25H,4-6H2,1-3H3,(H,28,30). The number of ether oxygens (including phenoxy) is 1. The molecule has 3 aromatic carbocycles. The summed E-state index contributed by atoms with van der Waals surface area (Å²) in [5, 5.41) is 2.89. The molecule has 2 amide bonds. The number of hydrogen-bond donors (Lipinski definition) is 1. The smallest absolute Gasteiger partial charge is 0.265 e. The molecular weight excluding hydrogens is 400 g/mol. The van der Waals surface area contributed by atoms with Crippen molar-refractivity contribution < 1.29 is 14.3 Å². The van der Waals surface area contributed by atoms with Gasteiger partial charge >= 0.3 is 0 Å². The van der Waals surface area contributed by atoms with Gasteiger partial charge in [0.25, 0.3) is 11.8 Å². The molecule has 0 radical (unpaired) electrons. The van der Waals surface area contributed by atoms with Crippen LogP contribution in [0.2, 0.25) is 0 Å². The zero-order valence-corrected chi connectivity index (χ0v) is 18.9. The molecule has 0 heterocycles. The fourth-order valence-electron chi connectivity index (χ4n) is 3.49. The largest absolute Gasteiger partial charge is 0.481 e. The van der Waals surface area contributed by atoms with Crippen molar-refractivity contribution in [2.75, 3.05) is 18.4 Å². The summed E-state index contributed by atoms with van der Waals surface area (Å²) < 4.78 is 5.95. The van der Waals surface area contributed by atoms with Gasteiger partial charge in [0.1, 0.15) is 5.75 Å². The first-order chi connectivity index (χ1) is 15.5. The lowest BCUT2D eigenvalue weighted by atomic mass is 10.1. The second-order valence-electron chi connectivity index (χ2n) is 7.45. The Bertz CT molecular complexity index is 1030. The van der Waals surface area contributed by atoms with Crippen LogP contribution in [0.4, 0.5) is 5.69 Å². The number of nitrogens with one attached hydrogen (secondary N) is 1. The lowest BCUT2D eigenvalue weighted by Gasteiger charge is -2.20. The minimum atomic E-state index is -0.639. The van der Waals surface area contributed by atoms with E-state index in [4.69, 9.17) is 4.74 Å². The zero-order chi connectivity index (χ0) is 22.9. The van der Waals surface area contributed by atoms with Gasteiger partial charge in [-0.2, -0.15) is 0 Å². The van der Waals surface area contributed by atoms with E-state index in [2.05, 4.69) is 17.4 Å². The van der Waals surface area contributed by atoms with E-state index in [0.717, 1.165) is 11.1 Å². The van der Waals surface area contributed by atoms with Gasteiger partial charge in [-0.3, -0.25) is 9.59 Å². The molecule has 0 aliphatic rings. The van der Waals surface area contributed by atoms with E-state index in [1.807, 2.05) is 63.2 Å². The molecule has 1 N–H and O–H groups in total. The van der Waals surface area contributed by atoms with Crippen LogP contribution in [-0.2, 0) is 4.79 Å². The molecule has 3 aromatic rings. The topological polar surface area (TPSA) is 58.6 Å². The van der Waals surface area contributed by atoms with Gasteiger partial charge in [0, 0.05) is 24.3 Å². The Morgan fingerprint density at radius 2 is 1.50 bits per heavy atom. The molecule has 0 aliphatic carbocycles. The summed E-state index contributed by atoms with van der Waals surface area (Å²) in [6.07, 6.45) is -0.121. The van der Waals surface area contributed by atoms with E-state index in [1.54, 1.807) is 29.2 Å². The number of nitrogens with zero attached hydrogens (tertiary/aromatic N) is 1. The summed E-state index contributed by atoms with van der Waals surface area (Å²) in [7, 11) is 0. The fourth-order valence-corrected chi connectivity index (χ4v) is 3.49. The molecule has 1 unspecified atom stereocenters. The van der Waals surface area contributed by atoms with Crippen LogP contribution in [0.25, 0.3) is 11.1 Å². The number of benzene rings is 3. The summed E-state index contributed by atoms with van der Waals surface area (Å²) in [6, 6.07) is 24.8. The second kappa shape index (κ2) is 11.1. The van der Waals surface area contributed by atoms with Crippen molar-refractivity contribution in [2.45, 2.75) is 33.3 Å². The quantitative estimate of drug-likeness (QED) is 0.478. The van der Waals surface area contributed by atoms with Crippen molar-refractivity contribution in [2.24, 2.45) is 0 Å². The van der Waals surface area contributed by atoms with Gasteiger partial charge in [-0.1, -0.05) is 55.5 Å². The SMILES string of the molecule is CCC(Oc1ccc(-c2ccccc2)cc1)C(=O)Nc1cccc(C(=O)N(CC)CC)c1. The number of anilines is 1. The van der Waals surface area contributed by atoms with Gasteiger partial charge in [-0.25, -0.2) is 0 Å². The van der Waals surface area contributed by atoms with Gasteiger partial charge in [0.15, 0.2) is 6.10 Å². The second-order valence-corrected chi connectivity index (χ2v) is 7.45. The third-order valence-electron chi connectivity index (χ3n) is 5.33. The Balaban J connectivity index is 1.66. The Hall–Kier alpha value is -3.60. The molecule has 0 fully saturated rings. The van der Waals surface area contributed by atoms with Crippen LogP contribution in [-0.4, -0.2) is 35.9 Å². The maximum absolute atomic E-state index is 12.8. The molecule has 1 atom stereocenters. The van der Waals surface area contributed by atoms with E-state index in [1.165, 1.54) is 0 Å². The van der Waals surface area contributed by atoms with Crippen LogP contribution >= 0.6 is 0 Å². The lowest BCUT2D eigenvalue weighted by Crippen LogP contribution is -2.33. The van der Waals surface area contributed by atoms with Crippen molar-refractivity contribution in [3.63, 3.8) is 0 Å². The summed E-state index contributed by atoms with van der Waals surface area (Å²) in [5.41, 5.74) is 3.35. The number of carbonyl (C=O) groups is 2. The van der Waals surface area contributed by atoms with Crippen LogP contribution in [0.3, 0.4) is 0 Å². The molecule has 0 saturated heterocycles. The molecule has 5 heteroatoms. The third kappa shape index (κ3) is 5.76. The van der Waals surface area contributed by atoms with E-state index in [-0.39, 0.29) is 11.8 Å². The first kappa shape index (κ1) is 23.1. The number of carbonyl (C=O) groups excluding carboxylic acids is 2. The van der Waals surface area contributed by atoms with Gasteiger partial charge in [-0.05, 0) is 61.7 Å². The predicted molar refractivity (Wildman–Crippen MR) is 129 cm³/mol. The Labute approximate surface area is 190 Å². The van der Waals surface area contributed by atoms with E-state index >= 15 is 0 Å². The molecule has 0 aliphatic heterocycles. The number of amides is 2. The van der Waals surface area contributed by atoms with Crippen molar-refractivity contribution in [3.05, 3.63) is 84.4 Å². The Kier molecular flexibility index (Phi) is 8.03. The molecule has 0 bridgehead atoms. The Morgan fingerprint density at radius 3 is 2.12 bits per heavy atom. The van der Waals surface area contributed by atoms with Crippen LogP contribution in [0.1, 0.15) is 37.6 Å². The molecule has 0 aromatic heterocycles. The van der Waals surface area contributed by atoms with Crippen LogP contribution in [0, 0.1) is 0 Å². The summed E-state index contributed by atoms with van der Waals surface area (Å²) in [6.45, 7) is 7.08. The molecule has 32 heavy (non-hydrogen) atoms. The lowest BCUT2D eigenvalue weighted by molar-refractivity contribution is -0.122. The maximum atomic E-state index is 12.8. The average molecular weight is 431 g/mol. The highest BCUT2D eigenvalue weighted by atomic mass is 16.5. The minimum absolute atomic E-state index is 0.0482. The van der Waals surface area contributed by atoms with E-state index < -0.39 is 6.10 Å². The fraction of sp³-hybridized carbons (Fsp3) is 0.259. The highest BCUT2D eigenvalue weighted by molar-refractivity contribution is 5.98. The molecule has 0 spiro atoms. The highest BCUT2D eigenvalue weighted by Gasteiger charge is 2.20. The summed E-state index contributed by atoms with van der Waals surface area (Å²) in [5.74, 6) is 0.345. The van der Waals surface area contributed by atoms with Gasteiger partial charge < -0.3 is 15.0 Å². The van der Waals surface area contributed by atoms with Crippen molar-refractivity contribution in [3.8, 4) is 16.9 Å².